The van der Waals surface area contributed by atoms with Gasteiger partial charge in [0, 0.05) is 19.3 Å². The van der Waals surface area contributed by atoms with Crippen molar-refractivity contribution in [2.75, 3.05) is 39.6 Å². The zero-order valence-corrected chi connectivity index (χ0v) is 67.3. The van der Waals surface area contributed by atoms with Gasteiger partial charge in [-0.1, -0.05) is 336 Å². The molecule has 598 valence electrons. The fourth-order valence-electron chi connectivity index (χ4n) is 11.4. The third kappa shape index (κ3) is 79.3. The topological polar surface area (TPSA) is 231 Å². The average Bonchev–Trinajstić information content (AvgIpc) is 0.915. The van der Waals surface area contributed by atoms with E-state index in [1.807, 2.05) is 0 Å². The molecule has 0 aromatic heterocycles. The number of hydrogen-bond acceptors (Lipinski definition) is 14. The Kier molecular flexibility index (Phi) is 75.4. The summed E-state index contributed by atoms with van der Waals surface area (Å²) in [6, 6.07) is 0. The Balaban J connectivity index is 4.52. The van der Waals surface area contributed by atoms with Crippen molar-refractivity contribution in [2.24, 2.45) is 0 Å². The molecule has 4 N–H and O–H groups in total. The van der Waals surface area contributed by atoms with Crippen molar-refractivity contribution in [3.8, 4) is 0 Å². The van der Waals surface area contributed by atoms with Gasteiger partial charge in [0.1, 0.15) is 25.4 Å². The number of ether oxygens (including phenoxy) is 3. The molecule has 0 aliphatic heterocycles. The zero-order chi connectivity index (χ0) is 75.2. The van der Waals surface area contributed by atoms with Crippen molar-refractivity contribution in [3.05, 3.63) is 97.2 Å². The highest BCUT2D eigenvalue weighted by Gasteiger charge is 2.29. The van der Waals surface area contributed by atoms with Crippen molar-refractivity contribution in [2.45, 2.75) is 386 Å². The van der Waals surface area contributed by atoms with Crippen LogP contribution >= 0.6 is 15.6 Å². The second-order valence-corrected chi connectivity index (χ2v) is 30.8. The summed E-state index contributed by atoms with van der Waals surface area (Å²) in [5, 5.41) is 20.7. The Labute approximate surface area is 628 Å². The minimum atomic E-state index is -4.93. The molecule has 0 fully saturated rings. The number of allylic oxidation sites excluding steroid dienone is 16. The first-order valence-electron chi connectivity index (χ1n) is 41.5. The number of rotatable bonds is 79. The lowest BCUT2D eigenvalue weighted by molar-refractivity contribution is -0.161. The average molecular weight is 1490 g/mol. The van der Waals surface area contributed by atoms with Crippen LogP contribution in [0, 0.1) is 0 Å². The molecule has 18 heteroatoms. The smallest absolute Gasteiger partial charge is 0.463 e. The van der Waals surface area contributed by atoms with Crippen LogP contribution in [-0.2, 0) is 55.8 Å². The maximum absolute atomic E-state index is 13.0. The summed E-state index contributed by atoms with van der Waals surface area (Å²) in [5.74, 6) is -1.57. The number of phosphoric acid groups is 2. The highest BCUT2D eigenvalue weighted by molar-refractivity contribution is 7.47. The number of carbonyl (C=O) groups is 3. The number of phosphoric ester groups is 2. The number of aliphatic hydroxyl groups excluding tert-OH is 2. The molecule has 0 aliphatic rings. The first-order valence-corrected chi connectivity index (χ1v) is 44.5. The van der Waals surface area contributed by atoms with Gasteiger partial charge in [-0.05, 0) is 109 Å². The van der Waals surface area contributed by atoms with Crippen molar-refractivity contribution in [1.29, 1.82) is 0 Å². The molecule has 0 aromatic carbocycles. The van der Waals surface area contributed by atoms with E-state index in [-0.39, 0.29) is 19.3 Å². The second-order valence-electron chi connectivity index (χ2n) is 27.9. The number of carbonyl (C=O) groups excluding carboxylic acids is 3. The quantitative estimate of drug-likeness (QED) is 0.0146. The van der Waals surface area contributed by atoms with Gasteiger partial charge in [-0.2, -0.15) is 0 Å². The van der Waals surface area contributed by atoms with Crippen LogP contribution in [0.25, 0.3) is 0 Å². The summed E-state index contributed by atoms with van der Waals surface area (Å²) in [6.45, 7) is 2.67. The van der Waals surface area contributed by atoms with Gasteiger partial charge in [0.2, 0.25) is 0 Å². The van der Waals surface area contributed by atoms with Gasteiger partial charge < -0.3 is 34.2 Å². The van der Waals surface area contributed by atoms with Gasteiger partial charge in [0.15, 0.2) is 6.10 Å². The summed E-state index contributed by atoms with van der Waals surface area (Å²) in [5.41, 5.74) is 0. The maximum Gasteiger partial charge on any atom is 0.472 e. The molecular formula is C85H152O16P2. The summed E-state index contributed by atoms with van der Waals surface area (Å²) in [6.07, 6.45) is 90.2. The fraction of sp³-hybridized carbons (Fsp3) is 0.776. The fourth-order valence-corrected chi connectivity index (χ4v) is 13.0. The Morgan fingerprint density at radius 1 is 0.272 bits per heavy atom. The van der Waals surface area contributed by atoms with Crippen molar-refractivity contribution < 1.29 is 75.8 Å². The first-order chi connectivity index (χ1) is 50.2. The molecule has 0 amide bonds. The third-order valence-corrected chi connectivity index (χ3v) is 19.7. The number of esters is 3. The van der Waals surface area contributed by atoms with Crippen molar-refractivity contribution in [1.82, 2.24) is 0 Å². The Bertz CT molecular complexity index is 2260. The summed E-state index contributed by atoms with van der Waals surface area (Å²) in [7, 11) is -9.79. The minimum absolute atomic E-state index is 0.106. The molecule has 0 saturated carbocycles. The van der Waals surface area contributed by atoms with Gasteiger partial charge in [-0.3, -0.25) is 32.5 Å². The van der Waals surface area contributed by atoms with E-state index in [0.717, 1.165) is 135 Å². The lowest BCUT2D eigenvalue weighted by Crippen LogP contribution is -2.30. The maximum atomic E-state index is 13.0. The molecule has 0 aliphatic carbocycles. The highest BCUT2D eigenvalue weighted by atomic mass is 31.2. The minimum Gasteiger partial charge on any atom is -0.463 e. The normalized spacial score (nSPS) is 14.4. The molecule has 103 heavy (non-hydrogen) atoms. The molecule has 0 bridgehead atoms. The van der Waals surface area contributed by atoms with Crippen LogP contribution in [-0.4, -0.2) is 95.9 Å². The predicted molar refractivity (Wildman–Crippen MR) is 427 cm³/mol. The van der Waals surface area contributed by atoms with Gasteiger partial charge in [-0.15, -0.1) is 0 Å². The largest absolute Gasteiger partial charge is 0.472 e. The number of hydrogen-bond donors (Lipinski definition) is 4. The van der Waals surface area contributed by atoms with Gasteiger partial charge in [0.25, 0.3) is 0 Å². The SMILES string of the molecule is CCCCC/C=C\C/C=C\C/C=C\C/C=C\CCCCCCCCCCCCCCCC(=O)OCC(O)COP(=O)(O)OCC(O)COP(=O)(O)OCC(COC(=O)CCCCCCCCC/C=C\C/C=C\C/C=C\C/C=C\CCCCC)OC(=O)CCCCCCCCCCCCCCCCC. The van der Waals surface area contributed by atoms with E-state index < -0.39 is 91.5 Å². The van der Waals surface area contributed by atoms with Crippen molar-refractivity contribution in [3.63, 3.8) is 0 Å². The first kappa shape index (κ1) is 99.5. The van der Waals surface area contributed by atoms with Crippen LogP contribution in [0.1, 0.15) is 367 Å². The van der Waals surface area contributed by atoms with Gasteiger partial charge in [0.05, 0.1) is 26.4 Å². The van der Waals surface area contributed by atoms with E-state index >= 15 is 0 Å². The van der Waals surface area contributed by atoms with Crippen LogP contribution in [0.2, 0.25) is 0 Å². The van der Waals surface area contributed by atoms with E-state index in [1.54, 1.807) is 0 Å². The van der Waals surface area contributed by atoms with E-state index in [1.165, 1.54) is 173 Å². The molecule has 5 unspecified atom stereocenters. The molecular weight excluding hydrogens is 1340 g/mol. The summed E-state index contributed by atoms with van der Waals surface area (Å²) < 4.78 is 61.2. The zero-order valence-electron chi connectivity index (χ0n) is 65.5. The standard InChI is InChI=1S/C85H152O16P2/c1-4-7-10-13-16-19-22-25-28-30-32-34-36-37-38-39-40-41-43-45-46-48-51-53-56-59-62-65-68-71-83(88)95-74-80(86)75-97-102(91,92)98-76-81(87)77-99-103(93,94)100-79-82(101-85(90)73-70-67-64-61-58-55-50-27-24-21-18-15-12-9-6-3)78-96-84(89)72-69-66-63-60-57-54-52-49-47-44-42-35-33-31-29-26-23-20-17-14-11-8-5-2/h16-17,19-20,25-26,28-29,32-35,37-38,44,47,80-82,86-87H,4-15,18,21-24,27,30-31,36,39-43,45-46,48-79H2,1-3H3,(H,91,92)(H,93,94)/b19-16-,20-17-,28-25-,29-26-,34-32-,35-33-,38-37-,47-44-. The summed E-state index contributed by atoms with van der Waals surface area (Å²) >= 11 is 0. The molecule has 0 rings (SSSR count). The van der Waals surface area contributed by atoms with E-state index in [4.69, 9.17) is 32.3 Å². The number of unbranched alkanes of at least 4 members (excludes halogenated alkanes) is 40. The lowest BCUT2D eigenvalue weighted by atomic mass is 10.0. The van der Waals surface area contributed by atoms with Crippen LogP contribution < -0.4 is 0 Å². The monoisotopic (exact) mass is 1490 g/mol. The van der Waals surface area contributed by atoms with E-state index in [2.05, 4.69) is 118 Å². The molecule has 0 spiro atoms. The highest BCUT2D eigenvalue weighted by Crippen LogP contribution is 2.45. The second kappa shape index (κ2) is 78.1. The van der Waals surface area contributed by atoms with Crippen LogP contribution in [0.4, 0.5) is 0 Å². The van der Waals surface area contributed by atoms with Crippen molar-refractivity contribution >= 4 is 33.6 Å². The van der Waals surface area contributed by atoms with Crippen LogP contribution in [0.5, 0.6) is 0 Å². The Hall–Kier alpha value is -3.53. The van der Waals surface area contributed by atoms with E-state index in [0.29, 0.717) is 19.3 Å². The van der Waals surface area contributed by atoms with Crippen LogP contribution in [0.15, 0.2) is 97.2 Å². The molecule has 0 heterocycles. The molecule has 16 nitrogen and oxygen atoms in total. The molecule has 0 radical (unpaired) electrons. The van der Waals surface area contributed by atoms with Crippen LogP contribution in [0.3, 0.4) is 0 Å². The molecule has 5 atom stereocenters. The lowest BCUT2D eigenvalue weighted by Gasteiger charge is -2.21. The van der Waals surface area contributed by atoms with E-state index in [9.17, 15) is 43.5 Å². The van der Waals surface area contributed by atoms with Gasteiger partial charge in [-0.25, -0.2) is 9.13 Å². The summed E-state index contributed by atoms with van der Waals surface area (Å²) in [4.78, 5) is 58.7. The molecule has 0 saturated heterocycles. The third-order valence-electron chi connectivity index (χ3n) is 17.8. The molecule has 0 aromatic rings. The number of aliphatic hydroxyl groups is 2. The Morgan fingerprint density at radius 2 is 0.485 bits per heavy atom. The van der Waals surface area contributed by atoms with Gasteiger partial charge >= 0.3 is 33.6 Å². The Morgan fingerprint density at radius 3 is 0.786 bits per heavy atom. The predicted octanol–water partition coefficient (Wildman–Crippen LogP) is 24.5.